The SMILES string of the molecule is C.C.C.C.C.C.C.C.C.C.C.C.[CH2-]C.[CH2-]CC.[Y]. The standard InChI is InChI=1S/C3H7.C2H5.12CH4.Y/c1-3-2;1-2;;;;;;;;;;;;;/h1,3H2,2H3;1H2,2H3;12*1H4;/q2*-1;;;;;;;;;;;;;. The van der Waals surface area contributed by atoms with Crippen LogP contribution in [0.25, 0.3) is 0 Å². The normalized spacial score (nSPS) is 1.33. The van der Waals surface area contributed by atoms with Gasteiger partial charge in [0.2, 0.25) is 0 Å². The van der Waals surface area contributed by atoms with E-state index in [2.05, 4.69) is 13.8 Å². The van der Waals surface area contributed by atoms with E-state index in [1.807, 2.05) is 6.92 Å². The third kappa shape index (κ3) is 3640. The first-order chi connectivity index (χ1) is 2.41. The molecule has 0 bridgehead atoms. The van der Waals surface area contributed by atoms with E-state index in [1.165, 1.54) is 0 Å². The Bertz CT molecular complexity index is 5.57. The molecule has 0 aromatic carbocycles. The van der Waals surface area contributed by atoms with Gasteiger partial charge in [-0.1, -0.05) is 96.0 Å². The first-order valence-corrected chi connectivity index (χ1v) is 1.91. The van der Waals surface area contributed by atoms with E-state index in [-0.39, 0.29) is 122 Å². The molecule has 0 aliphatic heterocycles. The molecule has 0 fully saturated rings. The Kier molecular flexibility index (Phi) is 24700. The van der Waals surface area contributed by atoms with Crippen LogP contribution in [0.2, 0.25) is 0 Å². The minimum absolute atomic E-state index is 0. The van der Waals surface area contributed by atoms with Gasteiger partial charge in [-0.05, 0) is 0 Å². The third-order valence-corrected chi connectivity index (χ3v) is 0. The van der Waals surface area contributed by atoms with Crippen molar-refractivity contribution in [1.29, 1.82) is 0 Å². The van der Waals surface area contributed by atoms with Gasteiger partial charge in [-0.15, -0.1) is 0 Å². The van der Waals surface area contributed by atoms with Gasteiger partial charge in [-0.3, -0.25) is 0 Å². The molecule has 0 N–H and O–H groups in total. The zero-order valence-electron chi connectivity index (χ0n) is 4.70. The van der Waals surface area contributed by atoms with Gasteiger partial charge in [-0.2, -0.15) is 13.3 Å². The average molecular weight is 354 g/mol. The summed E-state index contributed by atoms with van der Waals surface area (Å²) in [6.07, 6.45) is 1.00. The molecule has 0 unspecified atom stereocenters. The molecule has 0 aromatic heterocycles. The summed E-state index contributed by atoms with van der Waals surface area (Å²) in [5.41, 5.74) is 0. The molecule has 0 aromatic rings. The van der Waals surface area contributed by atoms with E-state index in [0.29, 0.717) is 0 Å². The van der Waals surface area contributed by atoms with E-state index in [0.717, 1.165) is 6.42 Å². The van der Waals surface area contributed by atoms with Crippen LogP contribution in [-0.2, 0) is 32.7 Å². The number of hydrogen-bond donors (Lipinski definition) is 0. The van der Waals surface area contributed by atoms with Gasteiger partial charge in [0.25, 0.3) is 0 Å². The Morgan fingerprint density at radius 1 is 0.500 bits per heavy atom. The van der Waals surface area contributed by atoms with Crippen LogP contribution in [-0.4, -0.2) is 0 Å². The zero-order chi connectivity index (χ0) is 4.71. The summed E-state index contributed by atoms with van der Waals surface area (Å²) in [6, 6.07) is 0. The monoisotopic (exact) mass is 353 g/mol. The summed E-state index contributed by atoms with van der Waals surface area (Å²) in [7, 11) is 0. The van der Waals surface area contributed by atoms with Crippen LogP contribution in [0.15, 0.2) is 0 Å². The quantitative estimate of drug-likeness (QED) is 0.380. The number of rotatable bonds is 0. The summed E-state index contributed by atoms with van der Waals surface area (Å²) >= 11 is 0. The van der Waals surface area contributed by atoms with Crippen molar-refractivity contribution in [2.45, 2.75) is 109 Å². The predicted octanol–water partition coefficient (Wildman–Crippen LogP) is 9.70. The molecule has 1 radical (unpaired) electrons. The molecule has 1 heteroatoms. The second kappa shape index (κ2) is 1200. The Labute approximate surface area is 155 Å². The third-order valence-electron chi connectivity index (χ3n) is 0. The first-order valence-electron chi connectivity index (χ1n) is 1.91. The van der Waals surface area contributed by atoms with Gasteiger partial charge in [0, 0.05) is 32.7 Å². The van der Waals surface area contributed by atoms with Gasteiger partial charge >= 0.3 is 0 Å². The molecule has 0 heterocycles. The van der Waals surface area contributed by atoms with E-state index >= 15 is 0 Å². The molecule has 0 saturated carbocycles. The second-order valence-corrected chi connectivity index (χ2v) is 0.500. The molecule has 0 amide bonds. The largest absolute Gasteiger partial charge is 0.346 e. The van der Waals surface area contributed by atoms with Crippen LogP contribution in [0.3, 0.4) is 0 Å². The molecular weight excluding hydrogens is 293 g/mol. The Morgan fingerprint density at radius 3 is 0.500 bits per heavy atom. The Balaban J connectivity index is -0.000000000452. The van der Waals surface area contributed by atoms with Crippen molar-refractivity contribution in [2.75, 3.05) is 0 Å². The maximum Gasteiger partial charge on any atom is 0 e. The van der Waals surface area contributed by atoms with Crippen LogP contribution in [0.1, 0.15) is 109 Å². The molecule has 0 rings (SSSR count). The molecule has 0 spiro atoms. The maximum atomic E-state index is 3.49. The van der Waals surface area contributed by atoms with Gasteiger partial charge in [0.15, 0.2) is 0 Å². The van der Waals surface area contributed by atoms with Gasteiger partial charge in [-0.25, -0.2) is 0 Å². The van der Waals surface area contributed by atoms with Crippen molar-refractivity contribution >= 4 is 0 Å². The van der Waals surface area contributed by atoms with Crippen LogP contribution >= 0.6 is 0 Å². The van der Waals surface area contributed by atoms with E-state index in [9.17, 15) is 0 Å². The fraction of sp³-hybridized carbons (Fsp3) is 0.882. The van der Waals surface area contributed by atoms with Gasteiger partial charge < -0.3 is 13.8 Å². The molecule has 133 valence electrons. The zero-order valence-corrected chi connectivity index (χ0v) is 7.54. The molecule has 0 atom stereocenters. The van der Waals surface area contributed by atoms with E-state index in [4.69, 9.17) is 0 Å². The van der Waals surface area contributed by atoms with Crippen LogP contribution in [0, 0.1) is 13.8 Å². The second-order valence-electron chi connectivity index (χ2n) is 0.500. The summed E-state index contributed by atoms with van der Waals surface area (Å²) in [4.78, 5) is 0. The molecule has 0 aliphatic rings. The van der Waals surface area contributed by atoms with Crippen LogP contribution in [0.5, 0.6) is 0 Å². The fourth-order valence-electron chi connectivity index (χ4n) is 0. The van der Waals surface area contributed by atoms with E-state index < -0.39 is 0 Å². The first kappa shape index (κ1) is 372. The Hall–Kier alpha value is 1.10. The predicted molar refractivity (Wildman–Crippen MR) is 107 cm³/mol. The maximum absolute atomic E-state index is 3.49. The molecule has 18 heavy (non-hydrogen) atoms. The summed E-state index contributed by atoms with van der Waals surface area (Å²) in [5.74, 6) is 0. The molecule has 0 saturated heterocycles. The van der Waals surface area contributed by atoms with Crippen molar-refractivity contribution in [3.8, 4) is 0 Å². The van der Waals surface area contributed by atoms with Crippen LogP contribution < -0.4 is 0 Å². The topological polar surface area (TPSA) is 0 Å². The summed E-state index contributed by atoms with van der Waals surface area (Å²) < 4.78 is 0. The van der Waals surface area contributed by atoms with Crippen molar-refractivity contribution in [3.63, 3.8) is 0 Å². The van der Waals surface area contributed by atoms with Crippen molar-refractivity contribution < 1.29 is 32.7 Å². The molecule has 0 nitrogen and oxygen atoms in total. The summed E-state index contributed by atoms with van der Waals surface area (Å²) in [6.45, 7) is 10.5. The minimum Gasteiger partial charge on any atom is -0.346 e. The summed E-state index contributed by atoms with van der Waals surface area (Å²) in [5, 5.41) is 0. The fourth-order valence-corrected chi connectivity index (χ4v) is 0. The van der Waals surface area contributed by atoms with Crippen LogP contribution in [0.4, 0.5) is 0 Å². The van der Waals surface area contributed by atoms with Crippen molar-refractivity contribution in [2.24, 2.45) is 0 Å². The van der Waals surface area contributed by atoms with Gasteiger partial charge in [0.1, 0.15) is 0 Å². The van der Waals surface area contributed by atoms with E-state index in [1.54, 1.807) is 6.92 Å². The molecule has 0 aliphatic carbocycles. The number of hydrogen-bond acceptors (Lipinski definition) is 0. The van der Waals surface area contributed by atoms with Gasteiger partial charge in [0.05, 0.1) is 0 Å². The minimum atomic E-state index is 0. The smallest absolute Gasteiger partial charge is 0 e. The van der Waals surface area contributed by atoms with Crippen molar-refractivity contribution in [3.05, 3.63) is 13.8 Å². The average Bonchev–Trinajstić information content (AvgIpc) is 1.46. The molecular formula is C17H60Y-2. The van der Waals surface area contributed by atoms with Crippen molar-refractivity contribution in [1.82, 2.24) is 0 Å². The Morgan fingerprint density at radius 2 is 0.500 bits per heavy atom.